The number of carboxylic acids is 1. The van der Waals surface area contributed by atoms with Crippen LogP contribution in [-0.4, -0.2) is 35.5 Å². The maximum Gasteiger partial charge on any atom is 0.335 e. The summed E-state index contributed by atoms with van der Waals surface area (Å²) in [4.78, 5) is 26.4. The van der Waals surface area contributed by atoms with Crippen LogP contribution in [0.5, 0.6) is 5.75 Å². The second-order valence-electron chi connectivity index (χ2n) is 8.33. The number of hydrogen-bond donors (Lipinski definition) is 1. The SMILES string of the molecule is CN(CCc1ccccc1)C(=O)Cc1cc(C(=O)O)cc2cc(OCc3ccccc3)ccc12. The van der Waals surface area contributed by atoms with Gasteiger partial charge in [-0.25, -0.2) is 4.79 Å². The number of carbonyl (C=O) groups is 2. The Morgan fingerprint density at radius 3 is 2.21 bits per heavy atom. The fraction of sp³-hybridized carbons (Fsp3) is 0.172. The number of amides is 1. The summed E-state index contributed by atoms with van der Waals surface area (Å²) in [7, 11) is 1.78. The molecule has 34 heavy (non-hydrogen) atoms. The van der Waals surface area contributed by atoms with Crippen molar-refractivity contribution in [3.63, 3.8) is 0 Å². The number of carboxylic acid groups (broad SMARTS) is 1. The Labute approximate surface area is 199 Å². The van der Waals surface area contributed by atoms with E-state index < -0.39 is 5.97 Å². The highest BCUT2D eigenvalue weighted by Gasteiger charge is 2.15. The van der Waals surface area contributed by atoms with Crippen molar-refractivity contribution < 1.29 is 19.4 Å². The largest absolute Gasteiger partial charge is 0.489 e. The highest BCUT2D eigenvalue weighted by atomic mass is 16.5. The molecule has 0 atom stereocenters. The number of nitrogens with zero attached hydrogens (tertiary/aromatic N) is 1. The van der Waals surface area contributed by atoms with Gasteiger partial charge in [0.15, 0.2) is 0 Å². The Kier molecular flexibility index (Phi) is 7.23. The molecule has 172 valence electrons. The predicted molar refractivity (Wildman–Crippen MR) is 133 cm³/mol. The monoisotopic (exact) mass is 453 g/mol. The topological polar surface area (TPSA) is 66.8 Å². The molecule has 4 rings (SSSR count). The Morgan fingerprint density at radius 2 is 1.53 bits per heavy atom. The van der Waals surface area contributed by atoms with Crippen molar-refractivity contribution in [3.8, 4) is 5.75 Å². The normalized spacial score (nSPS) is 10.7. The lowest BCUT2D eigenvalue weighted by atomic mass is 9.98. The van der Waals surface area contributed by atoms with Crippen molar-refractivity contribution in [3.05, 3.63) is 113 Å². The van der Waals surface area contributed by atoms with Gasteiger partial charge in [0.25, 0.3) is 0 Å². The van der Waals surface area contributed by atoms with E-state index in [1.165, 1.54) is 5.56 Å². The van der Waals surface area contributed by atoms with Crippen molar-refractivity contribution in [2.75, 3.05) is 13.6 Å². The van der Waals surface area contributed by atoms with Crippen molar-refractivity contribution in [2.45, 2.75) is 19.4 Å². The van der Waals surface area contributed by atoms with E-state index in [4.69, 9.17) is 4.74 Å². The first-order chi connectivity index (χ1) is 16.5. The minimum atomic E-state index is -1.02. The van der Waals surface area contributed by atoms with E-state index in [2.05, 4.69) is 0 Å². The van der Waals surface area contributed by atoms with Crippen LogP contribution in [0.25, 0.3) is 10.8 Å². The highest BCUT2D eigenvalue weighted by molar-refractivity contribution is 5.98. The van der Waals surface area contributed by atoms with Crippen molar-refractivity contribution in [2.24, 2.45) is 0 Å². The molecule has 0 unspecified atom stereocenters. The molecule has 0 aliphatic carbocycles. The average molecular weight is 454 g/mol. The second-order valence-corrected chi connectivity index (χ2v) is 8.33. The number of carbonyl (C=O) groups excluding carboxylic acids is 1. The molecule has 1 amide bonds. The van der Waals surface area contributed by atoms with E-state index in [9.17, 15) is 14.7 Å². The molecule has 0 radical (unpaired) electrons. The van der Waals surface area contributed by atoms with Crippen LogP contribution in [0, 0.1) is 0 Å². The van der Waals surface area contributed by atoms with Gasteiger partial charge in [0.05, 0.1) is 12.0 Å². The third-order valence-electron chi connectivity index (χ3n) is 5.85. The molecule has 5 heteroatoms. The van der Waals surface area contributed by atoms with Crippen LogP contribution in [0.2, 0.25) is 0 Å². The average Bonchev–Trinajstić information content (AvgIpc) is 2.86. The Hall–Kier alpha value is -4.12. The fourth-order valence-corrected chi connectivity index (χ4v) is 3.89. The maximum absolute atomic E-state index is 12.9. The van der Waals surface area contributed by atoms with Gasteiger partial charge in [-0.05, 0) is 58.1 Å². The Balaban J connectivity index is 1.52. The van der Waals surface area contributed by atoms with Crippen LogP contribution in [0.1, 0.15) is 27.0 Å². The summed E-state index contributed by atoms with van der Waals surface area (Å²) < 4.78 is 5.91. The van der Waals surface area contributed by atoms with Gasteiger partial charge in [0.1, 0.15) is 12.4 Å². The molecule has 0 aliphatic rings. The molecule has 0 aromatic heterocycles. The standard InChI is InChI=1S/C29H27NO4/c1-30(15-14-21-8-4-2-5-9-21)28(31)19-24-17-25(29(32)33)16-23-18-26(12-13-27(23)24)34-20-22-10-6-3-7-11-22/h2-13,16-18H,14-15,19-20H2,1H3,(H,32,33). The van der Waals surface area contributed by atoms with Gasteiger partial charge >= 0.3 is 5.97 Å². The van der Waals surface area contributed by atoms with Gasteiger partial charge in [-0.2, -0.15) is 0 Å². The summed E-state index contributed by atoms with van der Waals surface area (Å²) in [5.41, 5.74) is 3.07. The number of ether oxygens (including phenoxy) is 1. The third-order valence-corrected chi connectivity index (χ3v) is 5.85. The Morgan fingerprint density at radius 1 is 0.853 bits per heavy atom. The van der Waals surface area contributed by atoms with Gasteiger partial charge in [0.2, 0.25) is 5.91 Å². The van der Waals surface area contributed by atoms with Crippen molar-refractivity contribution >= 4 is 22.6 Å². The highest BCUT2D eigenvalue weighted by Crippen LogP contribution is 2.27. The van der Waals surface area contributed by atoms with Crippen molar-refractivity contribution in [1.82, 2.24) is 4.90 Å². The van der Waals surface area contributed by atoms with Gasteiger partial charge in [-0.15, -0.1) is 0 Å². The van der Waals surface area contributed by atoms with Gasteiger partial charge in [-0.3, -0.25) is 4.79 Å². The molecular weight excluding hydrogens is 426 g/mol. The van der Waals surface area contributed by atoms with E-state index in [0.717, 1.165) is 22.8 Å². The fourth-order valence-electron chi connectivity index (χ4n) is 3.89. The van der Waals surface area contributed by atoms with Crippen molar-refractivity contribution in [1.29, 1.82) is 0 Å². The minimum Gasteiger partial charge on any atom is -0.489 e. The molecule has 0 heterocycles. The lowest BCUT2D eigenvalue weighted by Gasteiger charge is -2.18. The second kappa shape index (κ2) is 10.7. The van der Waals surface area contributed by atoms with Crippen LogP contribution >= 0.6 is 0 Å². The summed E-state index contributed by atoms with van der Waals surface area (Å²) in [6.07, 6.45) is 0.897. The molecule has 1 N–H and O–H groups in total. The summed E-state index contributed by atoms with van der Waals surface area (Å²) in [5.74, 6) is -0.427. The first-order valence-electron chi connectivity index (χ1n) is 11.2. The van der Waals surface area contributed by atoms with Gasteiger partial charge in [0, 0.05) is 13.6 Å². The zero-order valence-corrected chi connectivity index (χ0v) is 19.1. The van der Waals surface area contributed by atoms with Crippen LogP contribution in [0.15, 0.2) is 91.0 Å². The predicted octanol–water partition coefficient (Wildman–Crippen LogP) is 5.36. The first-order valence-corrected chi connectivity index (χ1v) is 11.2. The minimum absolute atomic E-state index is 0.0517. The summed E-state index contributed by atoms with van der Waals surface area (Å²) in [6, 6.07) is 28.7. The lowest BCUT2D eigenvalue weighted by molar-refractivity contribution is -0.129. The molecular formula is C29H27NO4. The Bertz CT molecular complexity index is 1290. The number of benzene rings is 4. The molecule has 4 aromatic carbocycles. The number of aromatic carboxylic acids is 1. The molecule has 0 saturated heterocycles. The van der Waals surface area contributed by atoms with E-state index in [1.54, 1.807) is 24.1 Å². The summed E-state index contributed by atoms with van der Waals surface area (Å²) in [6.45, 7) is 1.01. The number of likely N-dealkylation sites (N-methyl/N-ethyl adjacent to an activating group) is 1. The van der Waals surface area contributed by atoms with E-state index in [-0.39, 0.29) is 17.9 Å². The molecule has 5 nitrogen and oxygen atoms in total. The summed E-state index contributed by atoms with van der Waals surface area (Å²) >= 11 is 0. The zero-order chi connectivity index (χ0) is 23.9. The molecule has 0 saturated carbocycles. The molecule has 4 aromatic rings. The number of rotatable bonds is 9. The summed E-state index contributed by atoms with van der Waals surface area (Å²) in [5, 5.41) is 11.2. The zero-order valence-electron chi connectivity index (χ0n) is 19.1. The van der Waals surface area contributed by atoms with Crippen LogP contribution in [0.4, 0.5) is 0 Å². The van der Waals surface area contributed by atoms with Crippen LogP contribution in [-0.2, 0) is 24.2 Å². The van der Waals surface area contributed by atoms with Gasteiger partial charge < -0.3 is 14.7 Å². The number of fused-ring (bicyclic) bond motifs is 1. The third kappa shape index (κ3) is 5.81. The molecule has 0 aliphatic heterocycles. The quantitative estimate of drug-likeness (QED) is 0.370. The van der Waals surface area contributed by atoms with Crippen LogP contribution < -0.4 is 4.74 Å². The first kappa shape index (κ1) is 23.1. The lowest BCUT2D eigenvalue weighted by Crippen LogP contribution is -2.30. The maximum atomic E-state index is 12.9. The smallest absolute Gasteiger partial charge is 0.335 e. The molecule has 0 fully saturated rings. The molecule has 0 spiro atoms. The molecule has 0 bridgehead atoms. The van der Waals surface area contributed by atoms with E-state index >= 15 is 0 Å². The van der Waals surface area contributed by atoms with Gasteiger partial charge in [-0.1, -0.05) is 66.7 Å². The number of hydrogen-bond acceptors (Lipinski definition) is 3. The van der Waals surface area contributed by atoms with E-state index in [0.29, 0.717) is 24.5 Å². The van der Waals surface area contributed by atoms with E-state index in [1.807, 2.05) is 78.9 Å². The van der Waals surface area contributed by atoms with Crippen LogP contribution in [0.3, 0.4) is 0 Å².